The number of aryl methyl sites for hydroxylation is 1. The SMILES string of the molecule is Cc1cc2c(cc1O[C@H](C)c1c(Cl)cncc1Cl)c(-c1cnc(Cl)c(F)c1)nn2C1CCCCO1. The molecule has 4 aromatic rings. The summed E-state index contributed by atoms with van der Waals surface area (Å²) < 4.78 is 28.5. The Morgan fingerprint density at radius 3 is 2.57 bits per heavy atom. The van der Waals surface area contributed by atoms with Crippen LogP contribution in [0.5, 0.6) is 5.75 Å². The summed E-state index contributed by atoms with van der Waals surface area (Å²) in [6.07, 6.45) is 6.84. The molecule has 0 N–H and O–H groups in total. The van der Waals surface area contributed by atoms with Gasteiger partial charge >= 0.3 is 0 Å². The highest BCUT2D eigenvalue weighted by Crippen LogP contribution is 2.39. The Morgan fingerprint density at radius 2 is 1.89 bits per heavy atom. The summed E-state index contributed by atoms with van der Waals surface area (Å²) in [5.74, 6) is 0.0154. The summed E-state index contributed by atoms with van der Waals surface area (Å²) in [4.78, 5) is 7.98. The van der Waals surface area contributed by atoms with Crippen molar-refractivity contribution in [3.8, 4) is 17.0 Å². The van der Waals surface area contributed by atoms with E-state index in [0.717, 1.165) is 35.7 Å². The Morgan fingerprint density at radius 1 is 1.11 bits per heavy atom. The molecule has 1 saturated heterocycles. The van der Waals surface area contributed by atoms with Crippen molar-refractivity contribution in [2.24, 2.45) is 0 Å². The van der Waals surface area contributed by atoms with Crippen molar-refractivity contribution >= 4 is 45.7 Å². The molecule has 0 amide bonds. The van der Waals surface area contributed by atoms with Crippen LogP contribution in [0.2, 0.25) is 15.2 Å². The molecule has 1 aliphatic rings. The molecule has 0 bridgehead atoms. The molecule has 2 atom stereocenters. The average molecular weight is 536 g/mol. The second kappa shape index (κ2) is 9.90. The molecule has 0 radical (unpaired) electrons. The molecule has 35 heavy (non-hydrogen) atoms. The highest BCUT2D eigenvalue weighted by atomic mass is 35.5. The third kappa shape index (κ3) is 4.70. The first-order valence-corrected chi connectivity index (χ1v) is 12.4. The maximum absolute atomic E-state index is 14.3. The standard InChI is InChI=1S/C25H22Cl3FN4O2/c1-13-7-20-16(9-21(13)35-14(2)23-17(26)11-30-12-18(23)27)24(15-8-19(29)25(28)31-10-15)32-33(20)22-5-3-4-6-34-22/h7-12,14,22H,3-6H2,1-2H3/t14-,22?/m1/s1. The molecule has 5 rings (SSSR count). The average Bonchev–Trinajstić information content (AvgIpc) is 3.19. The van der Waals surface area contributed by atoms with E-state index >= 15 is 0 Å². The number of hydrogen-bond acceptors (Lipinski definition) is 5. The summed E-state index contributed by atoms with van der Waals surface area (Å²) in [5, 5.41) is 6.28. The molecule has 182 valence electrons. The van der Waals surface area contributed by atoms with Crippen LogP contribution in [0.3, 0.4) is 0 Å². The summed E-state index contributed by atoms with van der Waals surface area (Å²) in [6.45, 7) is 4.50. The quantitative estimate of drug-likeness (QED) is 0.245. The number of ether oxygens (including phenoxy) is 2. The van der Waals surface area contributed by atoms with Gasteiger partial charge in [0.25, 0.3) is 0 Å². The Labute approximate surface area is 216 Å². The number of fused-ring (bicyclic) bond motifs is 1. The van der Waals surface area contributed by atoms with Crippen molar-refractivity contribution in [2.45, 2.75) is 45.4 Å². The van der Waals surface area contributed by atoms with Crippen molar-refractivity contribution in [3.05, 3.63) is 68.9 Å². The van der Waals surface area contributed by atoms with Gasteiger partial charge in [-0.25, -0.2) is 14.1 Å². The van der Waals surface area contributed by atoms with Gasteiger partial charge in [0.05, 0.1) is 15.6 Å². The minimum atomic E-state index is -0.611. The first kappa shape index (κ1) is 24.3. The smallest absolute Gasteiger partial charge is 0.164 e. The molecule has 1 aliphatic heterocycles. The van der Waals surface area contributed by atoms with Crippen LogP contribution in [-0.4, -0.2) is 26.4 Å². The Kier molecular flexibility index (Phi) is 6.86. The summed E-state index contributed by atoms with van der Waals surface area (Å²) in [5.41, 5.74) is 3.48. The van der Waals surface area contributed by atoms with Gasteiger partial charge in [0.1, 0.15) is 17.5 Å². The van der Waals surface area contributed by atoms with Crippen molar-refractivity contribution in [3.63, 3.8) is 0 Å². The predicted octanol–water partition coefficient (Wildman–Crippen LogP) is 7.74. The monoisotopic (exact) mass is 534 g/mol. The van der Waals surface area contributed by atoms with Gasteiger partial charge in [-0.2, -0.15) is 5.10 Å². The largest absolute Gasteiger partial charge is 0.486 e. The van der Waals surface area contributed by atoms with E-state index in [2.05, 4.69) is 9.97 Å². The van der Waals surface area contributed by atoms with E-state index in [0.29, 0.717) is 39.2 Å². The molecule has 1 fully saturated rings. The van der Waals surface area contributed by atoms with Crippen LogP contribution in [-0.2, 0) is 4.74 Å². The third-order valence-corrected chi connectivity index (χ3v) is 6.98. The van der Waals surface area contributed by atoms with Gasteiger partial charge in [-0.05, 0) is 56.9 Å². The number of benzene rings is 1. The first-order chi connectivity index (χ1) is 16.8. The maximum Gasteiger partial charge on any atom is 0.164 e. The lowest BCUT2D eigenvalue weighted by atomic mass is 10.1. The third-order valence-electron chi connectivity index (χ3n) is 6.10. The predicted molar refractivity (Wildman–Crippen MR) is 135 cm³/mol. The van der Waals surface area contributed by atoms with Gasteiger partial charge in [-0.15, -0.1) is 0 Å². The Hall–Kier alpha value is -2.45. The zero-order valence-electron chi connectivity index (χ0n) is 19.1. The van der Waals surface area contributed by atoms with Crippen LogP contribution in [0.25, 0.3) is 22.2 Å². The lowest BCUT2D eigenvalue weighted by molar-refractivity contribution is -0.0365. The zero-order valence-corrected chi connectivity index (χ0v) is 21.3. The van der Waals surface area contributed by atoms with Gasteiger partial charge in [-0.3, -0.25) is 4.98 Å². The van der Waals surface area contributed by atoms with Crippen LogP contribution in [0.1, 0.15) is 49.6 Å². The molecule has 10 heteroatoms. The number of nitrogens with zero attached hydrogens (tertiary/aromatic N) is 4. The highest BCUT2D eigenvalue weighted by Gasteiger charge is 2.24. The van der Waals surface area contributed by atoms with Gasteiger partial charge in [-0.1, -0.05) is 34.8 Å². The van der Waals surface area contributed by atoms with E-state index in [4.69, 9.17) is 49.4 Å². The topological polar surface area (TPSA) is 62.1 Å². The lowest BCUT2D eigenvalue weighted by Gasteiger charge is -2.24. The van der Waals surface area contributed by atoms with Crippen LogP contribution in [0, 0.1) is 12.7 Å². The number of hydrogen-bond donors (Lipinski definition) is 0. The van der Waals surface area contributed by atoms with Crippen LogP contribution in [0.15, 0.2) is 36.8 Å². The van der Waals surface area contributed by atoms with Crippen LogP contribution < -0.4 is 4.74 Å². The number of pyridine rings is 2. The van der Waals surface area contributed by atoms with E-state index in [1.807, 2.05) is 30.7 Å². The van der Waals surface area contributed by atoms with Crippen molar-refractivity contribution < 1.29 is 13.9 Å². The zero-order chi connectivity index (χ0) is 24.7. The summed E-state index contributed by atoms with van der Waals surface area (Å²) in [6, 6.07) is 5.24. The van der Waals surface area contributed by atoms with Gasteiger partial charge < -0.3 is 9.47 Å². The van der Waals surface area contributed by atoms with Crippen molar-refractivity contribution in [1.29, 1.82) is 0 Å². The molecule has 6 nitrogen and oxygen atoms in total. The molecule has 1 unspecified atom stereocenters. The van der Waals surface area contributed by atoms with Crippen LogP contribution >= 0.6 is 34.8 Å². The molecule has 1 aromatic carbocycles. The molecule has 4 heterocycles. The minimum Gasteiger partial charge on any atom is -0.486 e. The van der Waals surface area contributed by atoms with Gasteiger partial charge in [0, 0.05) is 41.7 Å². The lowest BCUT2D eigenvalue weighted by Crippen LogP contribution is -2.19. The van der Waals surface area contributed by atoms with Gasteiger partial charge in [0.15, 0.2) is 17.2 Å². The Bertz CT molecular complexity index is 1390. The molecule has 0 saturated carbocycles. The molecule has 3 aromatic heterocycles. The Balaban J connectivity index is 1.63. The van der Waals surface area contributed by atoms with Crippen molar-refractivity contribution in [2.75, 3.05) is 6.61 Å². The van der Waals surface area contributed by atoms with E-state index in [-0.39, 0.29) is 11.4 Å². The number of aromatic nitrogens is 4. The van der Waals surface area contributed by atoms with Gasteiger partial charge in [0.2, 0.25) is 0 Å². The second-order valence-corrected chi connectivity index (χ2v) is 9.70. The fourth-order valence-electron chi connectivity index (χ4n) is 4.35. The first-order valence-electron chi connectivity index (χ1n) is 11.2. The summed E-state index contributed by atoms with van der Waals surface area (Å²) >= 11 is 18.5. The second-order valence-electron chi connectivity index (χ2n) is 8.52. The highest BCUT2D eigenvalue weighted by molar-refractivity contribution is 6.35. The van der Waals surface area contributed by atoms with E-state index in [1.165, 1.54) is 24.7 Å². The molecule has 0 aliphatic carbocycles. The van der Waals surface area contributed by atoms with E-state index < -0.39 is 11.9 Å². The minimum absolute atomic E-state index is 0.187. The van der Waals surface area contributed by atoms with Crippen LogP contribution in [0.4, 0.5) is 4.39 Å². The maximum atomic E-state index is 14.3. The fraction of sp³-hybridized carbons (Fsp3) is 0.320. The molecule has 0 spiro atoms. The molecular formula is C25H22Cl3FN4O2. The van der Waals surface area contributed by atoms with E-state index in [9.17, 15) is 4.39 Å². The number of halogens is 4. The van der Waals surface area contributed by atoms with Crippen molar-refractivity contribution in [1.82, 2.24) is 19.7 Å². The van der Waals surface area contributed by atoms with E-state index in [1.54, 1.807) is 0 Å². The molecular weight excluding hydrogens is 514 g/mol. The normalized spacial score (nSPS) is 17.0. The number of rotatable bonds is 5. The fourth-order valence-corrected chi connectivity index (χ4v) is 5.13. The summed E-state index contributed by atoms with van der Waals surface area (Å²) in [7, 11) is 0.